The summed E-state index contributed by atoms with van der Waals surface area (Å²) < 4.78 is 26.1. The second-order valence-electron chi connectivity index (χ2n) is 6.15. The molecular formula is C15H22BFO2. The van der Waals surface area contributed by atoms with Crippen molar-refractivity contribution in [3.8, 4) is 0 Å². The summed E-state index contributed by atoms with van der Waals surface area (Å²) in [4.78, 5) is 0. The maximum Gasteiger partial charge on any atom is 0.498 e. The second kappa shape index (κ2) is 4.91. The van der Waals surface area contributed by atoms with Gasteiger partial charge in [-0.15, -0.1) is 0 Å². The molecular weight excluding hydrogens is 242 g/mol. The average molecular weight is 264 g/mol. The van der Waals surface area contributed by atoms with E-state index in [0.717, 1.165) is 18.4 Å². The van der Waals surface area contributed by atoms with Crippen molar-refractivity contribution in [2.75, 3.05) is 0 Å². The first-order valence-electron chi connectivity index (χ1n) is 6.91. The van der Waals surface area contributed by atoms with E-state index in [0.29, 0.717) is 5.46 Å². The topological polar surface area (TPSA) is 18.5 Å². The highest BCUT2D eigenvalue weighted by Crippen LogP contribution is 2.36. The molecule has 0 spiro atoms. The summed E-state index contributed by atoms with van der Waals surface area (Å²) >= 11 is 0. The SMILES string of the molecule is CCCc1cccc(F)c1B1OC(C)(C)C(C)(C)O1. The lowest BCUT2D eigenvalue weighted by molar-refractivity contribution is 0.00578. The lowest BCUT2D eigenvalue weighted by Gasteiger charge is -2.32. The highest BCUT2D eigenvalue weighted by atomic mass is 19.1. The highest BCUT2D eigenvalue weighted by Gasteiger charge is 2.52. The number of hydrogen-bond donors (Lipinski definition) is 0. The van der Waals surface area contributed by atoms with E-state index in [2.05, 4.69) is 6.92 Å². The maximum absolute atomic E-state index is 14.2. The van der Waals surface area contributed by atoms with Crippen LogP contribution in [-0.4, -0.2) is 18.3 Å². The van der Waals surface area contributed by atoms with Crippen LogP contribution in [0.1, 0.15) is 46.6 Å². The van der Waals surface area contributed by atoms with E-state index in [4.69, 9.17) is 9.31 Å². The lowest BCUT2D eigenvalue weighted by Crippen LogP contribution is -2.41. The third-order valence-electron chi connectivity index (χ3n) is 4.15. The van der Waals surface area contributed by atoms with Crippen molar-refractivity contribution < 1.29 is 13.7 Å². The van der Waals surface area contributed by atoms with Crippen molar-refractivity contribution >= 4 is 12.6 Å². The van der Waals surface area contributed by atoms with Crippen molar-refractivity contribution in [2.24, 2.45) is 0 Å². The molecule has 1 aliphatic heterocycles. The van der Waals surface area contributed by atoms with Gasteiger partial charge in [0.15, 0.2) is 0 Å². The first-order chi connectivity index (χ1) is 8.78. The van der Waals surface area contributed by atoms with Crippen LogP contribution in [0.15, 0.2) is 18.2 Å². The number of aryl methyl sites for hydroxylation is 1. The Balaban J connectivity index is 2.39. The molecule has 0 N–H and O–H groups in total. The van der Waals surface area contributed by atoms with Crippen LogP contribution in [0.4, 0.5) is 4.39 Å². The third-order valence-corrected chi connectivity index (χ3v) is 4.15. The van der Waals surface area contributed by atoms with Crippen molar-refractivity contribution in [3.63, 3.8) is 0 Å². The zero-order chi connectivity index (χ0) is 14.3. The fourth-order valence-corrected chi connectivity index (χ4v) is 2.29. The molecule has 0 radical (unpaired) electrons. The molecule has 0 bridgehead atoms. The molecule has 0 unspecified atom stereocenters. The molecule has 1 aromatic rings. The van der Waals surface area contributed by atoms with Crippen LogP contribution < -0.4 is 5.46 Å². The van der Waals surface area contributed by atoms with Gasteiger partial charge in [0.1, 0.15) is 5.82 Å². The maximum atomic E-state index is 14.2. The van der Waals surface area contributed by atoms with Crippen molar-refractivity contribution in [2.45, 2.75) is 58.7 Å². The van der Waals surface area contributed by atoms with Crippen LogP contribution in [0.3, 0.4) is 0 Å². The Morgan fingerprint density at radius 1 is 1.11 bits per heavy atom. The van der Waals surface area contributed by atoms with Gasteiger partial charge in [0.05, 0.1) is 11.2 Å². The van der Waals surface area contributed by atoms with Crippen LogP contribution in [0, 0.1) is 5.82 Å². The van der Waals surface area contributed by atoms with E-state index in [1.807, 2.05) is 33.8 Å². The van der Waals surface area contributed by atoms with Crippen LogP contribution in [0.25, 0.3) is 0 Å². The van der Waals surface area contributed by atoms with Gasteiger partial charge in [-0.2, -0.15) is 0 Å². The normalized spacial score (nSPS) is 20.8. The number of benzene rings is 1. The smallest absolute Gasteiger partial charge is 0.399 e. The molecule has 104 valence electrons. The van der Waals surface area contributed by atoms with Crippen molar-refractivity contribution in [3.05, 3.63) is 29.6 Å². The van der Waals surface area contributed by atoms with Gasteiger partial charge >= 0.3 is 7.12 Å². The van der Waals surface area contributed by atoms with Crippen LogP contribution in [0.2, 0.25) is 0 Å². The van der Waals surface area contributed by atoms with E-state index >= 15 is 0 Å². The first-order valence-corrected chi connectivity index (χ1v) is 6.91. The van der Waals surface area contributed by atoms with E-state index in [-0.39, 0.29) is 5.82 Å². The summed E-state index contributed by atoms with van der Waals surface area (Å²) in [5.41, 5.74) is 0.649. The fourth-order valence-electron chi connectivity index (χ4n) is 2.29. The predicted molar refractivity (Wildman–Crippen MR) is 76.1 cm³/mol. The summed E-state index contributed by atoms with van der Waals surface area (Å²) in [5.74, 6) is -0.246. The minimum absolute atomic E-state index is 0.246. The molecule has 1 fully saturated rings. The minimum atomic E-state index is -0.618. The molecule has 1 aromatic carbocycles. The molecule has 4 heteroatoms. The Bertz CT molecular complexity index is 455. The lowest BCUT2D eigenvalue weighted by atomic mass is 9.74. The number of halogens is 1. The Morgan fingerprint density at radius 2 is 1.68 bits per heavy atom. The van der Waals surface area contributed by atoms with E-state index in [1.54, 1.807) is 6.07 Å². The van der Waals surface area contributed by atoms with Gasteiger partial charge < -0.3 is 9.31 Å². The van der Waals surface area contributed by atoms with Gasteiger partial charge in [-0.25, -0.2) is 4.39 Å². The summed E-state index contributed by atoms with van der Waals surface area (Å²) in [6.45, 7) is 10.0. The quantitative estimate of drug-likeness (QED) is 0.781. The molecule has 2 nitrogen and oxygen atoms in total. The standard InChI is InChI=1S/C15H22BFO2/c1-6-8-11-9-7-10-12(17)13(11)16-18-14(2,3)15(4,5)19-16/h7,9-10H,6,8H2,1-5H3. The summed E-state index contributed by atoms with van der Waals surface area (Å²) in [7, 11) is -0.618. The number of hydrogen-bond acceptors (Lipinski definition) is 2. The largest absolute Gasteiger partial charge is 0.498 e. The van der Waals surface area contributed by atoms with Crippen molar-refractivity contribution in [1.82, 2.24) is 0 Å². The molecule has 2 rings (SSSR count). The average Bonchev–Trinajstić information content (AvgIpc) is 2.48. The fraction of sp³-hybridized carbons (Fsp3) is 0.600. The van der Waals surface area contributed by atoms with Gasteiger partial charge in [-0.3, -0.25) is 0 Å². The Morgan fingerprint density at radius 3 is 2.21 bits per heavy atom. The van der Waals surface area contributed by atoms with E-state index < -0.39 is 18.3 Å². The molecule has 0 aliphatic carbocycles. The van der Waals surface area contributed by atoms with Gasteiger partial charge in [0, 0.05) is 5.46 Å². The van der Waals surface area contributed by atoms with E-state index in [1.165, 1.54) is 6.07 Å². The summed E-state index contributed by atoms with van der Waals surface area (Å²) in [6, 6.07) is 5.17. The molecule has 1 saturated heterocycles. The zero-order valence-corrected chi connectivity index (χ0v) is 12.4. The Kier molecular flexibility index (Phi) is 3.76. The molecule has 1 aliphatic rings. The summed E-state index contributed by atoms with van der Waals surface area (Å²) in [6.07, 6.45) is 1.80. The van der Waals surface area contributed by atoms with Gasteiger partial charge in [-0.1, -0.05) is 25.5 Å². The highest BCUT2D eigenvalue weighted by molar-refractivity contribution is 6.62. The van der Waals surface area contributed by atoms with Crippen LogP contribution >= 0.6 is 0 Å². The third kappa shape index (κ3) is 2.56. The first kappa shape index (κ1) is 14.5. The molecule has 0 aromatic heterocycles. The van der Waals surface area contributed by atoms with Gasteiger partial charge in [0.25, 0.3) is 0 Å². The van der Waals surface area contributed by atoms with Crippen LogP contribution in [0.5, 0.6) is 0 Å². The Labute approximate surface area is 115 Å². The molecule has 0 atom stereocenters. The van der Waals surface area contributed by atoms with Crippen LogP contribution in [-0.2, 0) is 15.7 Å². The predicted octanol–water partition coefficient (Wildman–Crippen LogP) is 3.08. The monoisotopic (exact) mass is 264 g/mol. The second-order valence-corrected chi connectivity index (χ2v) is 6.15. The summed E-state index contributed by atoms with van der Waals surface area (Å²) in [5, 5.41) is 0. The molecule has 0 saturated carbocycles. The number of rotatable bonds is 3. The zero-order valence-electron chi connectivity index (χ0n) is 12.4. The van der Waals surface area contributed by atoms with Gasteiger partial charge in [0.2, 0.25) is 0 Å². The molecule has 0 amide bonds. The molecule has 19 heavy (non-hydrogen) atoms. The van der Waals surface area contributed by atoms with Crippen molar-refractivity contribution in [1.29, 1.82) is 0 Å². The Hall–Kier alpha value is -0.865. The van der Waals surface area contributed by atoms with E-state index in [9.17, 15) is 4.39 Å². The molecule has 1 heterocycles. The van der Waals surface area contributed by atoms with Gasteiger partial charge in [-0.05, 0) is 45.7 Å². The minimum Gasteiger partial charge on any atom is -0.399 e.